The second-order valence-electron chi connectivity index (χ2n) is 11.3. The third-order valence-corrected chi connectivity index (χ3v) is 9.22. The number of hydrogen-bond donors (Lipinski definition) is 2. The van der Waals surface area contributed by atoms with Gasteiger partial charge < -0.3 is 29.8 Å². The van der Waals surface area contributed by atoms with Gasteiger partial charge >= 0.3 is 6.09 Å². The van der Waals surface area contributed by atoms with Gasteiger partial charge in [0.15, 0.2) is 34.0 Å². The van der Waals surface area contributed by atoms with E-state index in [1.807, 2.05) is 21.6 Å². The number of aryl methyl sites for hydroxylation is 1. The Morgan fingerprint density at radius 3 is 2.71 bits per heavy atom. The van der Waals surface area contributed by atoms with E-state index in [-0.39, 0.29) is 18.6 Å². The minimum Gasteiger partial charge on any atom is -0.465 e. The fraction of sp³-hybridized carbons (Fsp3) is 0.519. The average molecular weight is 649 g/mol. The van der Waals surface area contributed by atoms with Crippen molar-refractivity contribution in [1.29, 1.82) is 0 Å². The van der Waals surface area contributed by atoms with E-state index in [9.17, 15) is 14.7 Å². The number of nitrogen functional groups attached to an aromatic ring is 1. The van der Waals surface area contributed by atoms with Crippen molar-refractivity contribution >= 4 is 45.5 Å². The summed E-state index contributed by atoms with van der Waals surface area (Å²) in [5.74, 6) is 2.42. The molecule has 2 amide bonds. The topological polar surface area (TPSA) is 149 Å². The Bertz CT molecular complexity index is 1430. The van der Waals surface area contributed by atoms with Gasteiger partial charge in [-0.05, 0) is 92.7 Å². The summed E-state index contributed by atoms with van der Waals surface area (Å²) in [4.78, 5) is 42.9. The van der Waals surface area contributed by atoms with Crippen LogP contribution in [0.3, 0.4) is 0 Å². The Labute approximate surface area is 251 Å². The molecule has 4 heterocycles. The number of amides is 2. The molecule has 1 aromatic carbocycles. The normalized spacial score (nSPS) is 17.6. The van der Waals surface area contributed by atoms with Crippen LogP contribution in [0.2, 0.25) is 0 Å². The average Bonchev–Trinajstić information content (AvgIpc) is 3.54. The number of carboxylic acid groups (broad SMARTS) is 1. The van der Waals surface area contributed by atoms with Gasteiger partial charge in [0.1, 0.15) is 6.04 Å². The van der Waals surface area contributed by atoms with E-state index in [1.165, 1.54) is 16.7 Å². The van der Waals surface area contributed by atoms with Gasteiger partial charge in [-0.2, -0.15) is 0 Å². The first-order chi connectivity index (χ1) is 19.4. The molecule has 0 saturated carbocycles. The highest BCUT2D eigenvalue weighted by atomic mass is 79.9. The SMILES string of the molecule is C[C@H](C(=O)N1CCC[C@@H](CCn2cnc(N)c3nc(Sc4cc5c(cc4Br)OCO5)nc2-3)C1)N(C(=O)O)C(C)(C)C. The lowest BCUT2D eigenvalue weighted by molar-refractivity contribution is -0.139. The number of nitrogens with zero attached hydrogens (tertiary/aromatic N) is 6. The van der Waals surface area contributed by atoms with Gasteiger partial charge in [0.05, 0.1) is 6.33 Å². The van der Waals surface area contributed by atoms with Crippen molar-refractivity contribution in [2.45, 2.75) is 75.1 Å². The van der Waals surface area contributed by atoms with E-state index in [0.29, 0.717) is 53.6 Å². The zero-order valence-corrected chi connectivity index (χ0v) is 25.9. The van der Waals surface area contributed by atoms with Gasteiger partial charge in [-0.3, -0.25) is 9.69 Å². The molecule has 4 aliphatic heterocycles. The van der Waals surface area contributed by atoms with Crippen molar-refractivity contribution in [2.75, 3.05) is 25.6 Å². The maximum atomic E-state index is 13.3. The lowest BCUT2D eigenvalue weighted by atomic mass is 9.94. The fourth-order valence-corrected chi connectivity index (χ4v) is 6.80. The molecule has 5 rings (SSSR count). The number of halogens is 1. The molecule has 0 bridgehead atoms. The number of nitrogens with two attached hydrogens (primary N) is 1. The van der Waals surface area contributed by atoms with Crippen molar-refractivity contribution in [3.63, 3.8) is 0 Å². The summed E-state index contributed by atoms with van der Waals surface area (Å²) in [6.07, 6.45) is 3.24. The molecule has 0 aromatic heterocycles. The maximum Gasteiger partial charge on any atom is 0.408 e. The van der Waals surface area contributed by atoms with E-state index in [0.717, 1.165) is 28.6 Å². The molecule has 0 radical (unpaired) electrons. The first kappa shape index (κ1) is 29.2. The number of carbonyl (C=O) groups excluding carboxylic acids is 1. The molecule has 1 saturated heterocycles. The molecule has 41 heavy (non-hydrogen) atoms. The summed E-state index contributed by atoms with van der Waals surface area (Å²) in [5, 5.41) is 10.3. The van der Waals surface area contributed by atoms with Gasteiger partial charge in [0.2, 0.25) is 12.7 Å². The van der Waals surface area contributed by atoms with Crippen LogP contribution < -0.4 is 15.2 Å². The summed E-state index contributed by atoms with van der Waals surface area (Å²) in [5.41, 5.74) is 6.01. The smallest absolute Gasteiger partial charge is 0.408 e. The Morgan fingerprint density at radius 1 is 1.27 bits per heavy atom. The van der Waals surface area contributed by atoms with Gasteiger partial charge in [-0.1, -0.05) is 0 Å². The van der Waals surface area contributed by atoms with Crippen LogP contribution in [0.25, 0.3) is 11.5 Å². The first-order valence-electron chi connectivity index (χ1n) is 13.5. The minimum absolute atomic E-state index is 0.158. The number of ether oxygens (including phenoxy) is 2. The molecule has 12 nitrogen and oxygen atoms in total. The van der Waals surface area contributed by atoms with E-state index in [4.69, 9.17) is 20.2 Å². The van der Waals surface area contributed by atoms with Crippen molar-refractivity contribution in [2.24, 2.45) is 5.92 Å². The van der Waals surface area contributed by atoms with Crippen LogP contribution in [0.15, 0.2) is 33.0 Å². The predicted octanol–water partition coefficient (Wildman–Crippen LogP) is 4.80. The maximum absolute atomic E-state index is 13.3. The van der Waals surface area contributed by atoms with Crippen molar-refractivity contribution in [3.8, 4) is 23.0 Å². The van der Waals surface area contributed by atoms with Crippen LogP contribution in [-0.4, -0.2) is 77.9 Å². The van der Waals surface area contributed by atoms with E-state index in [1.54, 1.807) is 34.0 Å². The molecular formula is C27H34BrN7O5S. The predicted molar refractivity (Wildman–Crippen MR) is 156 cm³/mol. The number of aromatic nitrogens is 4. The number of benzene rings is 1. The molecule has 2 atom stereocenters. The molecule has 0 aliphatic carbocycles. The molecule has 0 spiro atoms. The van der Waals surface area contributed by atoms with Crippen LogP contribution in [0.5, 0.6) is 11.5 Å². The Kier molecular flexibility index (Phi) is 8.24. The Hall–Kier alpha value is -3.26. The number of carbonyl (C=O) groups is 2. The highest BCUT2D eigenvalue weighted by Crippen LogP contribution is 2.43. The van der Waals surface area contributed by atoms with Crippen LogP contribution in [0.4, 0.5) is 10.6 Å². The molecule has 1 fully saturated rings. The highest BCUT2D eigenvalue weighted by Gasteiger charge is 2.37. The molecule has 1 aromatic rings. The second-order valence-corrected chi connectivity index (χ2v) is 13.2. The largest absolute Gasteiger partial charge is 0.465 e. The molecular weight excluding hydrogens is 614 g/mol. The fourth-order valence-electron chi connectivity index (χ4n) is 5.45. The van der Waals surface area contributed by atoms with Crippen molar-refractivity contribution in [3.05, 3.63) is 22.9 Å². The van der Waals surface area contributed by atoms with Crippen LogP contribution in [-0.2, 0) is 11.3 Å². The third-order valence-electron chi connectivity index (χ3n) is 7.38. The number of likely N-dealkylation sites (tertiary alicyclic amines) is 1. The van der Waals surface area contributed by atoms with Crippen LogP contribution in [0, 0.1) is 5.92 Å². The van der Waals surface area contributed by atoms with Gasteiger partial charge in [0.25, 0.3) is 0 Å². The monoisotopic (exact) mass is 647 g/mol. The highest BCUT2D eigenvalue weighted by molar-refractivity contribution is 9.10. The summed E-state index contributed by atoms with van der Waals surface area (Å²) in [6, 6.07) is 2.99. The number of piperidine rings is 1. The van der Waals surface area contributed by atoms with E-state index >= 15 is 0 Å². The van der Waals surface area contributed by atoms with Gasteiger partial charge in [-0.15, -0.1) is 0 Å². The molecule has 0 unspecified atom stereocenters. The summed E-state index contributed by atoms with van der Waals surface area (Å²) in [6.45, 7) is 9.10. The molecule has 220 valence electrons. The van der Waals surface area contributed by atoms with Crippen LogP contribution in [0.1, 0.15) is 47.0 Å². The summed E-state index contributed by atoms with van der Waals surface area (Å²) >= 11 is 4.97. The lowest BCUT2D eigenvalue weighted by Gasteiger charge is -2.41. The standard InChI is InChI=1S/C27H34BrN7O5S/c1-15(35(26(37)38)27(2,3)4)24(36)33-8-5-6-16(12-33)7-9-34-13-30-22(29)21-23(34)32-25(31-21)41-20-11-19-18(10-17(20)28)39-14-40-19/h10-11,13,15-16H,5-9,12,14,29H2,1-4H3,(H,37,38)/t15-,16+/m1/s1. The van der Waals surface area contributed by atoms with E-state index < -0.39 is 17.7 Å². The minimum atomic E-state index is -1.10. The van der Waals surface area contributed by atoms with Crippen molar-refractivity contribution < 1.29 is 24.2 Å². The second kappa shape index (κ2) is 11.6. The molecule has 3 N–H and O–H groups in total. The molecule has 14 heteroatoms. The number of fused-ring (bicyclic) bond motifs is 2. The number of anilines is 1. The lowest BCUT2D eigenvalue weighted by Crippen LogP contribution is -2.57. The quantitative estimate of drug-likeness (QED) is 0.366. The zero-order chi connectivity index (χ0) is 29.5. The molecule has 4 aliphatic rings. The van der Waals surface area contributed by atoms with Crippen LogP contribution >= 0.6 is 27.7 Å². The summed E-state index contributed by atoms with van der Waals surface area (Å²) < 4.78 is 13.7. The zero-order valence-electron chi connectivity index (χ0n) is 23.5. The number of imidazole rings is 1. The summed E-state index contributed by atoms with van der Waals surface area (Å²) in [7, 11) is 0. The third kappa shape index (κ3) is 6.17. The van der Waals surface area contributed by atoms with Gasteiger partial charge in [0, 0.05) is 34.5 Å². The number of hydrogen-bond acceptors (Lipinski definition) is 9. The van der Waals surface area contributed by atoms with Crippen molar-refractivity contribution in [1.82, 2.24) is 29.3 Å². The van der Waals surface area contributed by atoms with Gasteiger partial charge in [-0.25, -0.2) is 19.7 Å². The van der Waals surface area contributed by atoms with E-state index in [2.05, 4.69) is 25.9 Å². The Balaban J connectivity index is 1.27. The Morgan fingerprint density at radius 2 is 2.00 bits per heavy atom. The number of rotatable bonds is 7. The first-order valence-corrected chi connectivity index (χ1v) is 15.1.